The van der Waals surface area contributed by atoms with Crippen LogP contribution >= 0.6 is 0 Å². The minimum atomic E-state index is -4.34. The summed E-state index contributed by atoms with van der Waals surface area (Å²) < 4.78 is 40.6. The molecule has 0 atom stereocenters. The van der Waals surface area contributed by atoms with Gasteiger partial charge in [-0.25, -0.2) is 4.98 Å². The van der Waals surface area contributed by atoms with Gasteiger partial charge in [0, 0.05) is 13.1 Å². The van der Waals surface area contributed by atoms with Crippen LogP contribution in [-0.2, 0) is 19.3 Å². The lowest BCUT2D eigenvalue weighted by Crippen LogP contribution is -2.27. The quantitative estimate of drug-likeness (QED) is 0.848. The number of aromatic nitrogens is 2. The average Bonchev–Trinajstić information content (AvgIpc) is 2.84. The van der Waals surface area contributed by atoms with Gasteiger partial charge in [-0.3, -0.25) is 0 Å². The molecule has 2 aromatic rings. The number of nitrogens with zero attached hydrogens (tertiary/aromatic N) is 3. The molecule has 0 unspecified atom stereocenters. The van der Waals surface area contributed by atoms with Crippen molar-refractivity contribution in [2.75, 3.05) is 26.7 Å². The van der Waals surface area contributed by atoms with E-state index in [1.165, 1.54) is 6.07 Å². The standard InChI is InChI=1S/C16H23F3N4/c1-4-22(5-2)8-9-23-14-7-6-12(16(17,18)19)10-13(14)21-15(23)11-20-3/h6-7,10,20H,4-5,8-9,11H2,1-3H3. The van der Waals surface area contributed by atoms with Crippen molar-refractivity contribution in [3.63, 3.8) is 0 Å². The molecule has 0 aliphatic rings. The van der Waals surface area contributed by atoms with Crippen molar-refractivity contribution in [1.29, 1.82) is 0 Å². The van der Waals surface area contributed by atoms with Crippen molar-refractivity contribution in [2.24, 2.45) is 0 Å². The van der Waals surface area contributed by atoms with Gasteiger partial charge in [-0.15, -0.1) is 0 Å². The van der Waals surface area contributed by atoms with E-state index < -0.39 is 11.7 Å². The van der Waals surface area contributed by atoms with Gasteiger partial charge in [-0.05, 0) is 38.3 Å². The number of hydrogen-bond donors (Lipinski definition) is 1. The molecule has 0 fully saturated rings. The van der Waals surface area contributed by atoms with E-state index in [4.69, 9.17) is 0 Å². The number of nitrogens with one attached hydrogen (secondary N) is 1. The van der Waals surface area contributed by atoms with Crippen LogP contribution in [0, 0.1) is 0 Å². The van der Waals surface area contributed by atoms with Crippen LogP contribution in [0.25, 0.3) is 11.0 Å². The minimum absolute atomic E-state index is 0.393. The molecule has 23 heavy (non-hydrogen) atoms. The lowest BCUT2D eigenvalue weighted by atomic mass is 10.2. The van der Waals surface area contributed by atoms with Crippen molar-refractivity contribution in [1.82, 2.24) is 19.8 Å². The number of rotatable bonds is 7. The van der Waals surface area contributed by atoms with Crippen molar-refractivity contribution < 1.29 is 13.2 Å². The summed E-state index contributed by atoms with van der Waals surface area (Å²) in [5.74, 6) is 0.758. The normalized spacial score (nSPS) is 12.5. The highest BCUT2D eigenvalue weighted by Crippen LogP contribution is 2.31. The van der Waals surface area contributed by atoms with E-state index in [1.54, 1.807) is 7.05 Å². The van der Waals surface area contributed by atoms with E-state index in [1.807, 2.05) is 4.57 Å². The van der Waals surface area contributed by atoms with Crippen LogP contribution in [0.15, 0.2) is 18.2 Å². The highest BCUT2D eigenvalue weighted by molar-refractivity contribution is 5.77. The van der Waals surface area contributed by atoms with Crippen LogP contribution in [0.4, 0.5) is 13.2 Å². The number of likely N-dealkylation sites (N-methyl/N-ethyl adjacent to an activating group) is 1. The summed E-state index contributed by atoms with van der Waals surface area (Å²) in [6.07, 6.45) is -4.34. The van der Waals surface area contributed by atoms with E-state index in [0.29, 0.717) is 18.6 Å². The maximum atomic E-state index is 12.9. The van der Waals surface area contributed by atoms with E-state index in [2.05, 4.69) is 29.0 Å². The van der Waals surface area contributed by atoms with Gasteiger partial charge in [-0.1, -0.05) is 13.8 Å². The highest BCUT2D eigenvalue weighted by atomic mass is 19.4. The maximum Gasteiger partial charge on any atom is 0.416 e. The van der Waals surface area contributed by atoms with Crippen LogP contribution in [0.3, 0.4) is 0 Å². The molecule has 0 aliphatic carbocycles. The summed E-state index contributed by atoms with van der Waals surface area (Å²) in [6, 6.07) is 3.77. The van der Waals surface area contributed by atoms with Gasteiger partial charge in [0.25, 0.3) is 0 Å². The molecule has 1 aromatic carbocycles. The highest BCUT2D eigenvalue weighted by Gasteiger charge is 2.31. The van der Waals surface area contributed by atoms with Crippen molar-refractivity contribution in [2.45, 2.75) is 33.1 Å². The summed E-state index contributed by atoms with van der Waals surface area (Å²) in [5.41, 5.74) is 0.481. The molecule has 0 spiro atoms. The molecule has 128 valence electrons. The molecule has 0 saturated carbocycles. The Morgan fingerprint density at radius 3 is 2.48 bits per heavy atom. The first-order chi connectivity index (χ1) is 10.9. The molecule has 4 nitrogen and oxygen atoms in total. The summed E-state index contributed by atoms with van der Waals surface area (Å²) in [6.45, 7) is 8.16. The molecule has 1 aromatic heterocycles. The first-order valence-electron chi connectivity index (χ1n) is 7.84. The molecule has 7 heteroatoms. The second-order valence-corrected chi connectivity index (χ2v) is 5.44. The van der Waals surface area contributed by atoms with Crippen molar-refractivity contribution in [3.8, 4) is 0 Å². The molecular formula is C16H23F3N4. The Bertz CT molecular complexity index is 645. The Kier molecular flexibility index (Phi) is 5.64. The Morgan fingerprint density at radius 2 is 1.91 bits per heavy atom. The fourth-order valence-corrected chi connectivity index (χ4v) is 2.68. The van der Waals surface area contributed by atoms with Gasteiger partial charge in [0.2, 0.25) is 0 Å². The Labute approximate surface area is 134 Å². The van der Waals surface area contributed by atoms with Gasteiger partial charge in [0.05, 0.1) is 23.1 Å². The lowest BCUT2D eigenvalue weighted by molar-refractivity contribution is -0.137. The first-order valence-corrected chi connectivity index (χ1v) is 7.84. The summed E-state index contributed by atoms with van der Waals surface area (Å²) >= 11 is 0. The lowest BCUT2D eigenvalue weighted by Gasteiger charge is -2.19. The van der Waals surface area contributed by atoms with Crippen LogP contribution in [-0.4, -0.2) is 41.1 Å². The number of imidazole rings is 1. The maximum absolute atomic E-state index is 12.9. The molecule has 0 saturated heterocycles. The second-order valence-electron chi connectivity index (χ2n) is 5.44. The number of halogens is 3. The Morgan fingerprint density at radius 1 is 1.22 bits per heavy atom. The van der Waals surface area contributed by atoms with E-state index in [-0.39, 0.29) is 0 Å². The molecule has 0 bridgehead atoms. The second kappa shape index (κ2) is 7.31. The van der Waals surface area contributed by atoms with Gasteiger partial charge in [0.15, 0.2) is 0 Å². The number of alkyl halides is 3. The zero-order valence-corrected chi connectivity index (χ0v) is 13.7. The third-order valence-corrected chi connectivity index (χ3v) is 4.02. The van der Waals surface area contributed by atoms with E-state index in [0.717, 1.165) is 43.1 Å². The average molecular weight is 328 g/mol. The molecule has 1 N–H and O–H groups in total. The molecular weight excluding hydrogens is 305 g/mol. The molecule has 1 heterocycles. The summed E-state index contributed by atoms with van der Waals surface area (Å²) in [7, 11) is 1.80. The van der Waals surface area contributed by atoms with Crippen LogP contribution < -0.4 is 5.32 Å². The number of hydrogen-bond acceptors (Lipinski definition) is 3. The predicted molar refractivity (Wildman–Crippen MR) is 85.3 cm³/mol. The molecule has 0 radical (unpaired) electrons. The summed E-state index contributed by atoms with van der Waals surface area (Å²) in [4.78, 5) is 6.66. The number of benzene rings is 1. The zero-order valence-electron chi connectivity index (χ0n) is 13.7. The van der Waals surface area contributed by atoms with Crippen LogP contribution in [0.1, 0.15) is 25.2 Å². The number of fused-ring (bicyclic) bond motifs is 1. The SMILES string of the molecule is CCN(CC)CCn1c(CNC)nc2cc(C(F)(F)F)ccc21. The van der Waals surface area contributed by atoms with Gasteiger partial charge < -0.3 is 14.8 Å². The van der Waals surface area contributed by atoms with Gasteiger partial charge in [-0.2, -0.15) is 13.2 Å². The monoisotopic (exact) mass is 328 g/mol. The minimum Gasteiger partial charge on any atom is -0.326 e. The molecule has 0 amide bonds. The van der Waals surface area contributed by atoms with Crippen molar-refractivity contribution >= 4 is 11.0 Å². The fourth-order valence-electron chi connectivity index (χ4n) is 2.68. The van der Waals surface area contributed by atoms with E-state index >= 15 is 0 Å². The zero-order chi connectivity index (χ0) is 17.0. The van der Waals surface area contributed by atoms with E-state index in [9.17, 15) is 13.2 Å². The fraction of sp³-hybridized carbons (Fsp3) is 0.562. The third-order valence-electron chi connectivity index (χ3n) is 4.02. The van der Waals surface area contributed by atoms with Crippen molar-refractivity contribution in [3.05, 3.63) is 29.6 Å². The third kappa shape index (κ3) is 4.03. The Balaban J connectivity index is 2.38. The Hall–Kier alpha value is -1.60. The smallest absolute Gasteiger partial charge is 0.326 e. The molecule has 2 rings (SSSR count). The van der Waals surface area contributed by atoms with Gasteiger partial charge >= 0.3 is 6.18 Å². The van der Waals surface area contributed by atoms with Crippen LogP contribution in [0.5, 0.6) is 0 Å². The molecule has 0 aliphatic heterocycles. The van der Waals surface area contributed by atoms with Gasteiger partial charge in [0.1, 0.15) is 5.82 Å². The van der Waals surface area contributed by atoms with Crippen LogP contribution in [0.2, 0.25) is 0 Å². The largest absolute Gasteiger partial charge is 0.416 e. The topological polar surface area (TPSA) is 33.1 Å². The first kappa shape index (κ1) is 17.7. The predicted octanol–water partition coefficient (Wildman–Crippen LogP) is 3.12. The summed E-state index contributed by atoms with van der Waals surface area (Å²) in [5, 5.41) is 3.03.